The number of benzene rings is 3. The van der Waals surface area contributed by atoms with Gasteiger partial charge < -0.3 is 10.6 Å². The molecule has 1 aliphatic rings. The molecular formula is C24H19Cl3N4O2. The third-order valence-corrected chi connectivity index (χ3v) is 5.84. The van der Waals surface area contributed by atoms with E-state index >= 15 is 0 Å². The number of hydrogen-bond donors (Lipinski definition) is 2. The first-order valence-corrected chi connectivity index (χ1v) is 11.2. The minimum absolute atomic E-state index is 0.155. The number of rotatable bonds is 6. The van der Waals surface area contributed by atoms with Crippen molar-refractivity contribution in [2.75, 3.05) is 10.3 Å². The van der Waals surface area contributed by atoms with Gasteiger partial charge >= 0.3 is 0 Å². The lowest BCUT2D eigenvalue weighted by Gasteiger charge is -2.32. The van der Waals surface area contributed by atoms with E-state index in [2.05, 4.69) is 15.7 Å². The summed E-state index contributed by atoms with van der Waals surface area (Å²) in [6.45, 7) is 1.34. The molecule has 3 aromatic rings. The standard InChI is InChI=1S/C24H19Cl3N4O2/c1-15(32)28-24(29-18-10-6-3-7-11-18)21(12-16-8-4-2-5-9-16)30-31(23(24)33)22-19(26)13-17(25)14-20(22)27/h2-11,13-14,29H,12H2,1H3,(H,28,32). The maximum absolute atomic E-state index is 13.9. The first-order chi connectivity index (χ1) is 15.8. The van der Waals surface area contributed by atoms with Crippen LogP contribution in [0.2, 0.25) is 15.1 Å². The molecular weight excluding hydrogens is 483 g/mol. The fourth-order valence-electron chi connectivity index (χ4n) is 3.65. The molecule has 1 heterocycles. The van der Waals surface area contributed by atoms with Gasteiger partial charge in [-0.05, 0) is 29.8 Å². The van der Waals surface area contributed by atoms with Crippen molar-refractivity contribution in [2.45, 2.75) is 19.0 Å². The third-order valence-electron chi connectivity index (χ3n) is 5.04. The van der Waals surface area contributed by atoms with Crippen molar-refractivity contribution in [3.05, 3.63) is 93.4 Å². The van der Waals surface area contributed by atoms with Crippen LogP contribution in [0.3, 0.4) is 0 Å². The number of para-hydroxylation sites is 1. The number of carbonyl (C=O) groups excluding carboxylic acids is 2. The fraction of sp³-hybridized carbons (Fsp3) is 0.125. The molecule has 1 unspecified atom stereocenters. The summed E-state index contributed by atoms with van der Waals surface area (Å²) < 4.78 is 0. The summed E-state index contributed by atoms with van der Waals surface area (Å²) in [4.78, 5) is 26.3. The van der Waals surface area contributed by atoms with E-state index in [1.807, 2.05) is 48.5 Å². The van der Waals surface area contributed by atoms with E-state index in [9.17, 15) is 9.59 Å². The van der Waals surface area contributed by atoms with Crippen LogP contribution in [-0.4, -0.2) is 23.2 Å². The first-order valence-electron chi connectivity index (χ1n) is 10.0. The molecule has 0 spiro atoms. The molecule has 0 fully saturated rings. The molecule has 0 saturated heterocycles. The van der Waals surface area contributed by atoms with Crippen LogP contribution in [0.1, 0.15) is 12.5 Å². The zero-order valence-corrected chi connectivity index (χ0v) is 19.7. The molecule has 2 N–H and O–H groups in total. The minimum Gasteiger partial charge on any atom is -0.350 e. The van der Waals surface area contributed by atoms with Gasteiger partial charge in [0.15, 0.2) is 0 Å². The Morgan fingerprint density at radius 2 is 1.55 bits per heavy atom. The molecule has 6 nitrogen and oxygen atoms in total. The average molecular weight is 502 g/mol. The number of hydrazone groups is 1. The fourth-order valence-corrected chi connectivity index (χ4v) is 4.63. The highest BCUT2D eigenvalue weighted by atomic mass is 35.5. The van der Waals surface area contributed by atoms with Gasteiger partial charge in [-0.1, -0.05) is 83.3 Å². The Kier molecular flexibility index (Phi) is 6.61. The third kappa shape index (κ3) is 4.69. The van der Waals surface area contributed by atoms with Crippen LogP contribution in [0.4, 0.5) is 11.4 Å². The summed E-state index contributed by atoms with van der Waals surface area (Å²) in [5.74, 6) is -0.971. The van der Waals surface area contributed by atoms with Gasteiger partial charge in [0.2, 0.25) is 11.6 Å². The number of nitrogens with zero attached hydrogens (tertiary/aromatic N) is 2. The molecule has 9 heteroatoms. The highest BCUT2D eigenvalue weighted by molar-refractivity contribution is 6.43. The van der Waals surface area contributed by atoms with E-state index in [-0.39, 0.29) is 22.2 Å². The molecule has 1 atom stereocenters. The van der Waals surface area contributed by atoms with Crippen molar-refractivity contribution in [3.63, 3.8) is 0 Å². The summed E-state index contributed by atoms with van der Waals surface area (Å²) >= 11 is 18.9. The first kappa shape index (κ1) is 23.1. The smallest absolute Gasteiger partial charge is 0.300 e. The van der Waals surface area contributed by atoms with E-state index in [0.717, 1.165) is 10.6 Å². The van der Waals surface area contributed by atoms with Crippen LogP contribution >= 0.6 is 34.8 Å². The Morgan fingerprint density at radius 3 is 2.12 bits per heavy atom. The Bertz CT molecular complexity index is 1210. The van der Waals surface area contributed by atoms with E-state index in [4.69, 9.17) is 34.8 Å². The topological polar surface area (TPSA) is 73.8 Å². The zero-order valence-electron chi connectivity index (χ0n) is 17.5. The monoisotopic (exact) mass is 500 g/mol. The lowest BCUT2D eigenvalue weighted by Crippen LogP contribution is -2.65. The van der Waals surface area contributed by atoms with Gasteiger partial charge in [0.1, 0.15) is 5.69 Å². The Morgan fingerprint density at radius 1 is 0.970 bits per heavy atom. The largest absolute Gasteiger partial charge is 0.350 e. The SMILES string of the molecule is CC(=O)NC1(Nc2ccccc2)C(=O)N(c2c(Cl)cc(Cl)cc2Cl)N=C1Cc1ccccc1. The maximum atomic E-state index is 13.9. The minimum atomic E-state index is -1.66. The second-order valence-electron chi connectivity index (χ2n) is 7.47. The molecule has 1 aliphatic heterocycles. The number of carbonyl (C=O) groups is 2. The van der Waals surface area contributed by atoms with E-state index < -0.39 is 17.5 Å². The molecule has 0 bridgehead atoms. The van der Waals surface area contributed by atoms with Gasteiger partial charge in [0, 0.05) is 24.1 Å². The van der Waals surface area contributed by atoms with Gasteiger partial charge in [0.05, 0.1) is 15.8 Å². The molecule has 0 aromatic heterocycles. The highest BCUT2D eigenvalue weighted by Crippen LogP contribution is 2.40. The quantitative estimate of drug-likeness (QED) is 0.436. The Labute approximate surface area is 206 Å². The second-order valence-corrected chi connectivity index (χ2v) is 8.72. The molecule has 2 amide bonds. The van der Waals surface area contributed by atoms with Crippen molar-refractivity contribution in [3.8, 4) is 0 Å². The lowest BCUT2D eigenvalue weighted by atomic mass is 9.96. The number of nitrogens with one attached hydrogen (secondary N) is 2. The summed E-state index contributed by atoms with van der Waals surface area (Å²) in [6.07, 6.45) is 0.284. The van der Waals surface area contributed by atoms with Gasteiger partial charge in [-0.2, -0.15) is 10.1 Å². The van der Waals surface area contributed by atoms with Gasteiger partial charge in [0.25, 0.3) is 5.91 Å². The van der Waals surface area contributed by atoms with Crippen molar-refractivity contribution >= 4 is 63.7 Å². The Balaban J connectivity index is 1.88. The van der Waals surface area contributed by atoms with Crippen LogP contribution in [0.5, 0.6) is 0 Å². The number of amides is 2. The molecule has 0 saturated carbocycles. The summed E-state index contributed by atoms with van der Waals surface area (Å²) in [6, 6.07) is 21.6. The van der Waals surface area contributed by atoms with Crippen LogP contribution in [0.15, 0.2) is 77.9 Å². The van der Waals surface area contributed by atoms with Crippen molar-refractivity contribution in [1.82, 2.24) is 5.32 Å². The second kappa shape index (κ2) is 9.43. The van der Waals surface area contributed by atoms with Crippen LogP contribution < -0.4 is 15.6 Å². The van der Waals surface area contributed by atoms with Gasteiger partial charge in [-0.15, -0.1) is 0 Å². The summed E-state index contributed by atoms with van der Waals surface area (Å²) in [5.41, 5.74) is 0.425. The normalized spacial score (nSPS) is 17.6. The summed E-state index contributed by atoms with van der Waals surface area (Å²) in [7, 11) is 0. The van der Waals surface area contributed by atoms with E-state index in [1.165, 1.54) is 19.1 Å². The van der Waals surface area contributed by atoms with Crippen LogP contribution in [0, 0.1) is 0 Å². The lowest BCUT2D eigenvalue weighted by molar-refractivity contribution is -0.127. The van der Waals surface area contributed by atoms with Crippen molar-refractivity contribution in [1.29, 1.82) is 0 Å². The molecule has 0 radical (unpaired) electrons. The molecule has 0 aliphatic carbocycles. The average Bonchev–Trinajstić information content (AvgIpc) is 3.00. The predicted octanol–water partition coefficient (Wildman–Crippen LogP) is 5.54. The molecule has 33 heavy (non-hydrogen) atoms. The highest BCUT2D eigenvalue weighted by Gasteiger charge is 2.53. The van der Waals surface area contributed by atoms with Crippen molar-refractivity contribution in [2.24, 2.45) is 5.10 Å². The maximum Gasteiger partial charge on any atom is 0.300 e. The molecule has 3 aromatic carbocycles. The zero-order chi connectivity index (χ0) is 23.6. The molecule has 168 valence electrons. The number of halogens is 3. The number of hydrogen-bond acceptors (Lipinski definition) is 4. The summed E-state index contributed by atoms with van der Waals surface area (Å²) in [5, 5.41) is 12.3. The predicted molar refractivity (Wildman–Crippen MR) is 133 cm³/mol. The Hall–Kier alpha value is -3.06. The van der Waals surface area contributed by atoms with Crippen LogP contribution in [0.25, 0.3) is 0 Å². The van der Waals surface area contributed by atoms with Gasteiger partial charge in [-0.25, -0.2) is 0 Å². The molecule has 4 rings (SSSR count). The van der Waals surface area contributed by atoms with Crippen LogP contribution in [-0.2, 0) is 16.0 Å². The van der Waals surface area contributed by atoms with E-state index in [0.29, 0.717) is 16.4 Å². The van der Waals surface area contributed by atoms with E-state index in [1.54, 1.807) is 12.1 Å². The number of anilines is 2. The van der Waals surface area contributed by atoms with Crippen molar-refractivity contribution < 1.29 is 9.59 Å². The van der Waals surface area contributed by atoms with Gasteiger partial charge in [-0.3, -0.25) is 9.59 Å².